The number of benzene rings is 1. The summed E-state index contributed by atoms with van der Waals surface area (Å²) in [6.07, 6.45) is 1.17. The van der Waals surface area contributed by atoms with Crippen molar-refractivity contribution in [2.75, 3.05) is 7.05 Å². The normalized spacial score (nSPS) is 25.1. The third kappa shape index (κ3) is 1.56. The van der Waals surface area contributed by atoms with Crippen LogP contribution in [0, 0.1) is 0 Å². The summed E-state index contributed by atoms with van der Waals surface area (Å²) in [6.45, 7) is 2.22. The van der Waals surface area contributed by atoms with Gasteiger partial charge in [0.25, 0.3) is 0 Å². The highest BCUT2D eigenvalue weighted by Gasteiger charge is 2.31. The average Bonchev–Trinajstić information content (AvgIpc) is 2.57. The van der Waals surface area contributed by atoms with Crippen molar-refractivity contribution >= 4 is 23.4 Å². The molecule has 0 amide bonds. The summed E-state index contributed by atoms with van der Waals surface area (Å²) in [7, 11) is 2.02. The van der Waals surface area contributed by atoms with Gasteiger partial charge in [-0.25, -0.2) is 0 Å². The van der Waals surface area contributed by atoms with E-state index < -0.39 is 0 Å². The van der Waals surface area contributed by atoms with E-state index >= 15 is 0 Å². The van der Waals surface area contributed by atoms with Crippen LogP contribution in [-0.4, -0.2) is 12.3 Å². The number of halogens is 1. The number of rotatable bonds is 2. The van der Waals surface area contributed by atoms with Crippen LogP contribution in [-0.2, 0) is 0 Å². The highest BCUT2D eigenvalue weighted by atomic mass is 35.5. The van der Waals surface area contributed by atoms with Crippen molar-refractivity contribution in [3.05, 3.63) is 28.8 Å². The minimum atomic E-state index is 0.457. The maximum absolute atomic E-state index is 6.17. The lowest BCUT2D eigenvalue weighted by Gasteiger charge is -2.16. The Labute approximate surface area is 94.2 Å². The van der Waals surface area contributed by atoms with Crippen molar-refractivity contribution in [3.8, 4) is 0 Å². The second kappa shape index (κ2) is 4.13. The fourth-order valence-electron chi connectivity index (χ4n) is 1.97. The van der Waals surface area contributed by atoms with Crippen molar-refractivity contribution in [3.63, 3.8) is 0 Å². The van der Waals surface area contributed by atoms with Gasteiger partial charge in [0, 0.05) is 16.2 Å². The minimum Gasteiger partial charge on any atom is -0.312 e. The summed E-state index contributed by atoms with van der Waals surface area (Å²) in [5.74, 6) is 0. The zero-order valence-electron chi connectivity index (χ0n) is 8.38. The number of hydrogen-bond donors (Lipinski definition) is 1. The molecule has 1 N–H and O–H groups in total. The van der Waals surface area contributed by atoms with E-state index in [1.165, 1.54) is 16.9 Å². The fraction of sp³-hybridized carbons (Fsp3) is 0.455. The van der Waals surface area contributed by atoms with Crippen LogP contribution in [0.4, 0.5) is 0 Å². The smallest absolute Gasteiger partial charge is 0.0545 e. The molecule has 1 aromatic carbocycles. The molecule has 1 nitrogen and oxygen atoms in total. The van der Waals surface area contributed by atoms with E-state index in [0.717, 1.165) is 5.02 Å². The standard InChI is InChI=1S/C11H14ClNS/c1-3-9-10(13-2)7-5-4-6-8(12)11(7)14-9/h4-6,9-10,13H,3H2,1-2H3. The topological polar surface area (TPSA) is 12.0 Å². The van der Waals surface area contributed by atoms with Crippen LogP contribution in [0.2, 0.25) is 5.02 Å². The lowest BCUT2D eigenvalue weighted by molar-refractivity contribution is 0.563. The van der Waals surface area contributed by atoms with Gasteiger partial charge in [0.15, 0.2) is 0 Å². The van der Waals surface area contributed by atoms with Crippen molar-refractivity contribution in [1.29, 1.82) is 0 Å². The zero-order chi connectivity index (χ0) is 10.1. The maximum Gasteiger partial charge on any atom is 0.0545 e. The Hall–Kier alpha value is -0.180. The Morgan fingerprint density at radius 1 is 1.50 bits per heavy atom. The number of thioether (sulfide) groups is 1. The average molecular weight is 228 g/mol. The molecule has 0 aliphatic carbocycles. The van der Waals surface area contributed by atoms with Crippen LogP contribution < -0.4 is 5.32 Å². The van der Waals surface area contributed by atoms with Gasteiger partial charge in [0.05, 0.1) is 5.02 Å². The molecule has 3 heteroatoms. The Balaban J connectivity index is 2.42. The van der Waals surface area contributed by atoms with Gasteiger partial charge in [0.2, 0.25) is 0 Å². The molecule has 0 spiro atoms. The van der Waals surface area contributed by atoms with Gasteiger partial charge >= 0.3 is 0 Å². The van der Waals surface area contributed by atoms with Crippen LogP contribution in [0.5, 0.6) is 0 Å². The predicted octanol–water partition coefficient (Wildman–Crippen LogP) is 3.48. The van der Waals surface area contributed by atoms with E-state index in [-0.39, 0.29) is 0 Å². The molecule has 2 atom stereocenters. The van der Waals surface area contributed by atoms with Crippen LogP contribution in [0.3, 0.4) is 0 Å². The first-order valence-corrected chi connectivity index (χ1v) is 6.16. The van der Waals surface area contributed by atoms with E-state index in [1.54, 1.807) is 0 Å². The molecule has 76 valence electrons. The van der Waals surface area contributed by atoms with E-state index in [9.17, 15) is 0 Å². The fourth-order valence-corrected chi connectivity index (χ4v) is 3.69. The summed E-state index contributed by atoms with van der Waals surface area (Å²) >= 11 is 8.07. The van der Waals surface area contributed by atoms with Gasteiger partial charge in [-0.1, -0.05) is 30.7 Å². The molecule has 1 aliphatic heterocycles. The lowest BCUT2D eigenvalue weighted by Crippen LogP contribution is -2.22. The van der Waals surface area contributed by atoms with E-state index in [1.807, 2.05) is 30.9 Å². The number of fused-ring (bicyclic) bond motifs is 1. The van der Waals surface area contributed by atoms with Crippen LogP contribution in [0.1, 0.15) is 24.9 Å². The van der Waals surface area contributed by atoms with Crippen LogP contribution in [0.15, 0.2) is 23.1 Å². The quantitative estimate of drug-likeness (QED) is 0.830. The Bertz CT molecular complexity index is 340. The Kier molecular flexibility index (Phi) is 3.05. The van der Waals surface area contributed by atoms with Gasteiger partial charge in [0.1, 0.15) is 0 Å². The molecule has 1 aromatic rings. The largest absolute Gasteiger partial charge is 0.312 e. The molecule has 2 rings (SSSR count). The monoisotopic (exact) mass is 227 g/mol. The molecule has 0 radical (unpaired) electrons. The summed E-state index contributed by atoms with van der Waals surface area (Å²) in [6, 6.07) is 6.63. The first-order chi connectivity index (χ1) is 6.77. The van der Waals surface area contributed by atoms with Gasteiger partial charge < -0.3 is 5.32 Å². The Morgan fingerprint density at radius 2 is 2.29 bits per heavy atom. The molecule has 0 saturated heterocycles. The third-order valence-corrected chi connectivity index (χ3v) is 4.71. The van der Waals surface area contributed by atoms with Gasteiger partial charge in [-0.15, -0.1) is 11.8 Å². The third-order valence-electron chi connectivity index (χ3n) is 2.69. The first-order valence-electron chi connectivity index (χ1n) is 4.90. The van der Waals surface area contributed by atoms with Crippen molar-refractivity contribution in [2.24, 2.45) is 0 Å². The van der Waals surface area contributed by atoms with Crippen molar-refractivity contribution < 1.29 is 0 Å². The number of hydrogen-bond acceptors (Lipinski definition) is 2. The molecule has 0 saturated carbocycles. The molecule has 2 unspecified atom stereocenters. The molecule has 14 heavy (non-hydrogen) atoms. The van der Waals surface area contributed by atoms with E-state index in [2.05, 4.69) is 18.3 Å². The highest BCUT2D eigenvalue weighted by Crippen LogP contribution is 2.48. The Morgan fingerprint density at radius 3 is 2.93 bits per heavy atom. The molecule has 0 fully saturated rings. The molecular weight excluding hydrogens is 214 g/mol. The second-order valence-corrected chi connectivity index (χ2v) is 5.15. The molecule has 1 heterocycles. The van der Waals surface area contributed by atoms with Crippen molar-refractivity contribution in [2.45, 2.75) is 29.5 Å². The maximum atomic E-state index is 6.17. The summed E-state index contributed by atoms with van der Waals surface area (Å²) in [4.78, 5) is 1.26. The molecular formula is C11H14ClNS. The lowest BCUT2D eigenvalue weighted by atomic mass is 10.0. The van der Waals surface area contributed by atoms with E-state index in [0.29, 0.717) is 11.3 Å². The second-order valence-electron chi connectivity index (χ2n) is 3.49. The molecule has 0 bridgehead atoms. The highest BCUT2D eigenvalue weighted by molar-refractivity contribution is 8.00. The summed E-state index contributed by atoms with van der Waals surface area (Å²) in [5, 5.41) is 4.88. The van der Waals surface area contributed by atoms with Gasteiger partial charge in [-0.05, 0) is 25.1 Å². The van der Waals surface area contributed by atoms with E-state index in [4.69, 9.17) is 11.6 Å². The molecule has 1 aliphatic rings. The minimum absolute atomic E-state index is 0.457. The first kappa shape index (κ1) is 10.3. The number of nitrogens with one attached hydrogen (secondary N) is 1. The SMILES string of the molecule is CCC1Sc2c(Cl)cccc2C1NC. The predicted molar refractivity (Wildman–Crippen MR) is 63.2 cm³/mol. The van der Waals surface area contributed by atoms with Crippen molar-refractivity contribution in [1.82, 2.24) is 5.32 Å². The zero-order valence-corrected chi connectivity index (χ0v) is 9.95. The van der Waals surface area contributed by atoms with Gasteiger partial charge in [-0.2, -0.15) is 0 Å². The summed E-state index contributed by atoms with van der Waals surface area (Å²) in [5.41, 5.74) is 1.36. The van der Waals surface area contributed by atoms with Crippen LogP contribution in [0.25, 0.3) is 0 Å². The van der Waals surface area contributed by atoms with Gasteiger partial charge in [-0.3, -0.25) is 0 Å². The van der Waals surface area contributed by atoms with Crippen LogP contribution >= 0.6 is 23.4 Å². The molecule has 0 aromatic heterocycles. The summed E-state index contributed by atoms with van der Waals surface area (Å²) < 4.78 is 0.